The number of carbonyl (C=O) groups is 1. The summed E-state index contributed by atoms with van der Waals surface area (Å²) in [6.45, 7) is 9.83. The molecule has 0 saturated carbocycles. The van der Waals surface area contributed by atoms with Crippen molar-refractivity contribution < 1.29 is 4.79 Å². The Kier molecular flexibility index (Phi) is 9.49. The topological polar surface area (TPSA) is 84.1 Å². The van der Waals surface area contributed by atoms with Gasteiger partial charge in [0.25, 0.3) is 0 Å². The molecule has 1 amide bonds. The summed E-state index contributed by atoms with van der Waals surface area (Å²) in [5.41, 5.74) is 8.04. The van der Waals surface area contributed by atoms with Crippen molar-refractivity contribution in [3.8, 4) is 11.1 Å². The molecule has 0 aliphatic carbocycles. The van der Waals surface area contributed by atoms with Crippen molar-refractivity contribution in [1.29, 1.82) is 0 Å². The number of piperazine rings is 1. The van der Waals surface area contributed by atoms with E-state index in [0.29, 0.717) is 23.1 Å². The number of nitrogens with one attached hydrogen (secondary N) is 1. The van der Waals surface area contributed by atoms with Crippen LogP contribution in [-0.4, -0.2) is 41.6 Å². The number of carbonyl (C=O) groups excluding carboxylic acids is 1. The number of primary amides is 1. The average Bonchev–Trinajstić information content (AvgIpc) is 2.81. The number of hydrogen-bond donors (Lipinski definition) is 2. The van der Waals surface area contributed by atoms with Gasteiger partial charge < -0.3 is 16.0 Å². The molecule has 3 N–H and O–H groups in total. The van der Waals surface area contributed by atoms with Gasteiger partial charge in [0.05, 0.1) is 10.5 Å². The molecule has 31 heavy (non-hydrogen) atoms. The van der Waals surface area contributed by atoms with Gasteiger partial charge in [0.2, 0.25) is 5.91 Å². The predicted molar refractivity (Wildman–Crippen MR) is 131 cm³/mol. The Morgan fingerprint density at radius 2 is 1.77 bits per heavy atom. The van der Waals surface area contributed by atoms with E-state index in [1.54, 1.807) is 0 Å². The Labute approximate surface area is 193 Å². The zero-order chi connectivity index (χ0) is 23.0. The number of nitrogens with two attached hydrogens (primary N) is 1. The maximum absolute atomic E-state index is 11.6. The second-order valence-electron chi connectivity index (χ2n) is 6.41. The number of anilines is 1. The third-order valence-electron chi connectivity index (χ3n) is 4.68. The van der Waals surface area contributed by atoms with Crippen LogP contribution in [0.15, 0.2) is 42.7 Å². The third-order valence-corrected chi connectivity index (χ3v) is 5.24. The van der Waals surface area contributed by atoms with Crippen LogP contribution in [0.2, 0.25) is 10.0 Å². The molecule has 2 heterocycles. The second-order valence-corrected chi connectivity index (χ2v) is 7.25. The summed E-state index contributed by atoms with van der Waals surface area (Å²) in [4.78, 5) is 22.5. The summed E-state index contributed by atoms with van der Waals surface area (Å²) in [7, 11) is 0. The molecule has 6 nitrogen and oxygen atoms in total. The molecule has 0 spiro atoms. The Balaban J connectivity index is 0.000000807. The van der Waals surface area contributed by atoms with Gasteiger partial charge in [0.15, 0.2) is 0 Å². The molecule has 166 valence electrons. The molecule has 1 atom stereocenters. The highest BCUT2D eigenvalue weighted by Crippen LogP contribution is 2.35. The van der Waals surface area contributed by atoms with Crippen molar-refractivity contribution >= 4 is 45.8 Å². The number of nitrogens with zero attached hydrogens (tertiary/aromatic N) is 3. The number of fused-ring (bicyclic) bond motifs is 1. The minimum absolute atomic E-state index is 0.372. The summed E-state index contributed by atoms with van der Waals surface area (Å²) < 4.78 is 0. The van der Waals surface area contributed by atoms with Gasteiger partial charge in [-0.05, 0) is 29.8 Å². The number of amides is 1. The zero-order valence-corrected chi connectivity index (χ0v) is 19.8. The lowest BCUT2D eigenvalue weighted by molar-refractivity contribution is -0.120. The van der Waals surface area contributed by atoms with Gasteiger partial charge in [-0.15, -0.1) is 0 Å². The van der Waals surface area contributed by atoms with Crippen LogP contribution in [0.5, 0.6) is 0 Å². The number of aromatic nitrogens is 2. The monoisotopic (exact) mass is 461 g/mol. The quantitative estimate of drug-likeness (QED) is 0.577. The van der Waals surface area contributed by atoms with E-state index < -0.39 is 6.04 Å². The van der Waals surface area contributed by atoms with Gasteiger partial charge in [-0.25, -0.2) is 9.97 Å². The standard InChI is InChI=1S/C19H17Cl2N5O.2C2H6/c20-12-3-1-11(2-4-12)13-7-14-16(8-15(13)21)24-10-25-19(14)26-6-5-23-17(9-26)18(22)27;2*1-2/h1-4,7-8,10,17,23H,5-6,9H2,(H2,22,27);2*1-2H3. The first-order valence-corrected chi connectivity index (χ1v) is 11.3. The van der Waals surface area contributed by atoms with Crippen LogP contribution < -0.4 is 16.0 Å². The fourth-order valence-corrected chi connectivity index (χ4v) is 3.69. The molecule has 1 aromatic heterocycles. The first kappa shape index (κ1) is 24.9. The van der Waals surface area contributed by atoms with Crippen molar-refractivity contribution in [2.24, 2.45) is 5.73 Å². The lowest BCUT2D eigenvalue weighted by Crippen LogP contribution is -2.56. The highest BCUT2D eigenvalue weighted by atomic mass is 35.5. The van der Waals surface area contributed by atoms with Gasteiger partial charge in [-0.1, -0.05) is 63.0 Å². The van der Waals surface area contributed by atoms with Crippen molar-refractivity contribution in [3.63, 3.8) is 0 Å². The van der Waals surface area contributed by atoms with E-state index in [2.05, 4.69) is 20.2 Å². The maximum Gasteiger partial charge on any atom is 0.236 e. The van der Waals surface area contributed by atoms with Crippen LogP contribution in [0, 0.1) is 0 Å². The molecule has 3 aromatic rings. The average molecular weight is 462 g/mol. The fourth-order valence-electron chi connectivity index (χ4n) is 3.30. The minimum Gasteiger partial charge on any atom is -0.368 e. The largest absolute Gasteiger partial charge is 0.368 e. The summed E-state index contributed by atoms with van der Waals surface area (Å²) in [5.74, 6) is 0.391. The van der Waals surface area contributed by atoms with Crippen LogP contribution in [0.25, 0.3) is 22.0 Å². The van der Waals surface area contributed by atoms with Crippen LogP contribution in [0.1, 0.15) is 27.7 Å². The highest BCUT2D eigenvalue weighted by molar-refractivity contribution is 6.34. The third kappa shape index (κ3) is 5.85. The van der Waals surface area contributed by atoms with E-state index in [1.807, 2.05) is 64.1 Å². The molecule has 0 bridgehead atoms. The lowest BCUT2D eigenvalue weighted by Gasteiger charge is -2.33. The Bertz CT molecular complexity index is 1010. The van der Waals surface area contributed by atoms with Crippen molar-refractivity contribution in [2.75, 3.05) is 24.5 Å². The van der Waals surface area contributed by atoms with Gasteiger partial charge in [0.1, 0.15) is 18.2 Å². The van der Waals surface area contributed by atoms with Gasteiger partial charge in [0, 0.05) is 35.6 Å². The first-order chi connectivity index (χ1) is 15.0. The van der Waals surface area contributed by atoms with E-state index in [1.165, 1.54) is 6.33 Å². The molecule has 1 saturated heterocycles. The molecular weight excluding hydrogens is 433 g/mol. The van der Waals surface area contributed by atoms with Crippen LogP contribution in [-0.2, 0) is 4.79 Å². The van der Waals surface area contributed by atoms with Crippen molar-refractivity contribution in [3.05, 3.63) is 52.8 Å². The Hall–Kier alpha value is -2.41. The lowest BCUT2D eigenvalue weighted by atomic mass is 10.0. The summed E-state index contributed by atoms with van der Waals surface area (Å²) in [5, 5.41) is 5.26. The molecular formula is C23H29Cl2N5O. The number of halogens is 2. The second kappa shape index (κ2) is 11.8. The molecule has 4 rings (SSSR count). The number of benzene rings is 2. The maximum atomic E-state index is 11.6. The zero-order valence-electron chi connectivity index (χ0n) is 18.3. The summed E-state index contributed by atoms with van der Waals surface area (Å²) >= 11 is 12.5. The summed E-state index contributed by atoms with van der Waals surface area (Å²) in [6, 6.07) is 10.9. The molecule has 1 unspecified atom stereocenters. The van der Waals surface area contributed by atoms with Crippen LogP contribution >= 0.6 is 23.2 Å². The molecule has 2 aromatic carbocycles. The minimum atomic E-state index is -0.410. The normalized spacial score (nSPS) is 15.4. The van der Waals surface area contributed by atoms with Gasteiger partial charge in [-0.3, -0.25) is 4.79 Å². The Morgan fingerprint density at radius 1 is 1.10 bits per heavy atom. The van der Waals surface area contributed by atoms with Gasteiger partial charge >= 0.3 is 0 Å². The molecule has 1 fully saturated rings. The molecule has 1 aliphatic rings. The van der Waals surface area contributed by atoms with Crippen molar-refractivity contribution in [2.45, 2.75) is 33.7 Å². The van der Waals surface area contributed by atoms with E-state index >= 15 is 0 Å². The van der Waals surface area contributed by atoms with Crippen LogP contribution in [0.4, 0.5) is 5.82 Å². The van der Waals surface area contributed by atoms with E-state index in [4.69, 9.17) is 28.9 Å². The summed E-state index contributed by atoms with van der Waals surface area (Å²) in [6.07, 6.45) is 1.51. The van der Waals surface area contributed by atoms with E-state index in [-0.39, 0.29) is 5.91 Å². The molecule has 1 aliphatic heterocycles. The van der Waals surface area contributed by atoms with Crippen molar-refractivity contribution in [1.82, 2.24) is 15.3 Å². The Morgan fingerprint density at radius 3 is 2.42 bits per heavy atom. The number of hydrogen-bond acceptors (Lipinski definition) is 5. The predicted octanol–water partition coefficient (Wildman–Crippen LogP) is 4.92. The SMILES string of the molecule is CC.CC.NC(=O)C1CN(c2ncnc3cc(Cl)c(-c4ccc(Cl)cc4)cc23)CCN1. The van der Waals surface area contributed by atoms with E-state index in [9.17, 15) is 4.79 Å². The fraction of sp³-hybridized carbons (Fsp3) is 0.348. The van der Waals surface area contributed by atoms with Gasteiger partial charge in [-0.2, -0.15) is 0 Å². The molecule has 0 radical (unpaired) electrons. The number of rotatable bonds is 3. The first-order valence-electron chi connectivity index (χ1n) is 10.5. The van der Waals surface area contributed by atoms with Crippen LogP contribution in [0.3, 0.4) is 0 Å². The smallest absolute Gasteiger partial charge is 0.236 e. The van der Waals surface area contributed by atoms with E-state index in [0.717, 1.165) is 34.4 Å². The molecule has 8 heteroatoms. The highest BCUT2D eigenvalue weighted by Gasteiger charge is 2.25.